The zero-order chi connectivity index (χ0) is 18.0. The summed E-state index contributed by atoms with van der Waals surface area (Å²) in [5.74, 6) is 1.16. The van der Waals surface area contributed by atoms with Crippen molar-refractivity contribution in [2.45, 2.75) is 32.7 Å². The maximum Gasteiger partial charge on any atom is 0.155 e. The number of H-pyrrole nitrogens is 1. The number of rotatable bonds is 6. The monoisotopic (exact) mass is 358 g/mol. The van der Waals surface area contributed by atoms with Gasteiger partial charge in [0, 0.05) is 17.1 Å². The van der Waals surface area contributed by atoms with Crippen LogP contribution in [0, 0.1) is 5.92 Å². The summed E-state index contributed by atoms with van der Waals surface area (Å²) in [4.78, 5) is 4.26. The van der Waals surface area contributed by atoms with Crippen molar-refractivity contribution in [2.75, 3.05) is 6.61 Å². The van der Waals surface area contributed by atoms with Crippen molar-refractivity contribution < 1.29 is 4.74 Å². The number of fused-ring (bicyclic) bond motifs is 1. The van der Waals surface area contributed by atoms with Gasteiger partial charge in [0.1, 0.15) is 12.4 Å². The van der Waals surface area contributed by atoms with Gasteiger partial charge in [-0.25, -0.2) is 4.98 Å². The molecule has 0 amide bonds. The SMILES string of the molecule is CC(C)C[C@](C)(N)COc1ccc(-c2ccnc3[nH]ncc23)cc1Cl. The second-order valence-corrected chi connectivity index (χ2v) is 7.58. The van der Waals surface area contributed by atoms with Gasteiger partial charge in [-0.3, -0.25) is 5.10 Å². The summed E-state index contributed by atoms with van der Waals surface area (Å²) in [6.07, 6.45) is 4.40. The van der Waals surface area contributed by atoms with Crippen LogP contribution in [0.2, 0.25) is 5.02 Å². The lowest BCUT2D eigenvalue weighted by Gasteiger charge is -2.26. The number of pyridine rings is 1. The lowest BCUT2D eigenvalue weighted by atomic mass is 9.93. The summed E-state index contributed by atoms with van der Waals surface area (Å²) in [7, 11) is 0. The Bertz CT molecular complexity index is 873. The molecule has 3 N–H and O–H groups in total. The zero-order valence-electron chi connectivity index (χ0n) is 14.7. The number of nitrogens with zero attached hydrogens (tertiary/aromatic N) is 2. The van der Waals surface area contributed by atoms with Gasteiger partial charge < -0.3 is 10.5 Å². The fraction of sp³-hybridized carbons (Fsp3) is 0.368. The molecule has 0 aliphatic rings. The Labute approximate surface area is 152 Å². The third-order valence-corrected chi connectivity index (χ3v) is 4.32. The van der Waals surface area contributed by atoms with Crippen LogP contribution >= 0.6 is 11.6 Å². The topological polar surface area (TPSA) is 76.8 Å². The molecule has 5 nitrogen and oxygen atoms in total. The van der Waals surface area contributed by atoms with Gasteiger partial charge in [0.15, 0.2) is 5.65 Å². The minimum absolute atomic E-state index is 0.385. The smallest absolute Gasteiger partial charge is 0.155 e. The molecule has 1 aromatic carbocycles. The molecular weight excluding hydrogens is 336 g/mol. The number of halogens is 1. The predicted octanol–water partition coefficient (Wildman–Crippen LogP) is 4.42. The summed E-state index contributed by atoms with van der Waals surface area (Å²) in [5, 5.41) is 8.44. The molecule has 25 heavy (non-hydrogen) atoms. The molecule has 1 atom stereocenters. The Hall–Kier alpha value is -2.11. The van der Waals surface area contributed by atoms with Crippen molar-refractivity contribution in [3.05, 3.63) is 41.7 Å². The number of benzene rings is 1. The Balaban J connectivity index is 1.81. The highest BCUT2D eigenvalue weighted by Gasteiger charge is 2.21. The highest BCUT2D eigenvalue weighted by Crippen LogP contribution is 2.33. The van der Waals surface area contributed by atoms with Gasteiger partial charge in [-0.05, 0) is 48.6 Å². The molecule has 3 rings (SSSR count). The molecule has 0 spiro atoms. The first-order chi connectivity index (χ1) is 11.9. The third kappa shape index (κ3) is 4.11. The van der Waals surface area contributed by atoms with Gasteiger partial charge in [0.25, 0.3) is 0 Å². The summed E-state index contributed by atoms with van der Waals surface area (Å²) < 4.78 is 5.88. The number of nitrogens with one attached hydrogen (secondary N) is 1. The molecule has 0 saturated carbocycles. The van der Waals surface area contributed by atoms with E-state index in [0.717, 1.165) is 28.6 Å². The quantitative estimate of drug-likeness (QED) is 0.683. The van der Waals surface area contributed by atoms with E-state index < -0.39 is 0 Å². The van der Waals surface area contributed by atoms with Crippen molar-refractivity contribution >= 4 is 22.6 Å². The molecule has 0 aliphatic carbocycles. The standard InChI is InChI=1S/C19H23ClN4O/c1-12(2)9-19(3,21)11-25-17-5-4-13(8-16(17)20)14-6-7-22-18-15(14)10-23-24-18/h4-8,10,12H,9,11,21H2,1-3H3,(H,22,23,24)/t19-/m0/s1. The van der Waals surface area contributed by atoms with Crippen LogP contribution in [-0.4, -0.2) is 27.3 Å². The van der Waals surface area contributed by atoms with E-state index in [1.54, 1.807) is 12.4 Å². The number of hydrogen-bond donors (Lipinski definition) is 2. The summed E-state index contributed by atoms with van der Waals surface area (Å²) in [6.45, 7) is 6.73. The number of ether oxygens (including phenoxy) is 1. The molecule has 2 aromatic heterocycles. The summed E-state index contributed by atoms with van der Waals surface area (Å²) in [5.41, 5.74) is 8.68. The third-order valence-electron chi connectivity index (χ3n) is 4.03. The van der Waals surface area contributed by atoms with Crippen LogP contribution in [0.3, 0.4) is 0 Å². The van der Waals surface area contributed by atoms with E-state index in [-0.39, 0.29) is 5.54 Å². The zero-order valence-corrected chi connectivity index (χ0v) is 15.5. The van der Waals surface area contributed by atoms with Crippen LogP contribution in [0.25, 0.3) is 22.2 Å². The lowest BCUT2D eigenvalue weighted by molar-refractivity contribution is 0.207. The summed E-state index contributed by atoms with van der Waals surface area (Å²) in [6, 6.07) is 7.72. The molecule has 6 heteroatoms. The second kappa shape index (κ2) is 7.02. The largest absolute Gasteiger partial charge is 0.490 e. The first-order valence-corrected chi connectivity index (χ1v) is 8.73. The van der Waals surface area contributed by atoms with Crippen LogP contribution in [0.1, 0.15) is 27.2 Å². The minimum Gasteiger partial charge on any atom is -0.490 e. The minimum atomic E-state index is -0.385. The van der Waals surface area contributed by atoms with Gasteiger partial charge in [-0.2, -0.15) is 5.10 Å². The number of aromatic amines is 1. The van der Waals surface area contributed by atoms with Crippen LogP contribution in [0.15, 0.2) is 36.7 Å². The molecule has 0 unspecified atom stereocenters. The predicted molar refractivity (Wildman–Crippen MR) is 102 cm³/mol. The number of aromatic nitrogens is 3. The Morgan fingerprint density at radius 1 is 1.32 bits per heavy atom. The Morgan fingerprint density at radius 2 is 2.12 bits per heavy atom. The first kappa shape index (κ1) is 17.7. The van der Waals surface area contributed by atoms with Crippen molar-refractivity contribution in [3.8, 4) is 16.9 Å². The maximum atomic E-state index is 6.43. The fourth-order valence-corrected chi connectivity index (χ4v) is 3.36. The van der Waals surface area contributed by atoms with E-state index in [1.165, 1.54) is 0 Å². The number of hydrogen-bond acceptors (Lipinski definition) is 4. The van der Waals surface area contributed by atoms with E-state index in [9.17, 15) is 0 Å². The molecule has 132 valence electrons. The lowest BCUT2D eigenvalue weighted by Crippen LogP contribution is -2.43. The average Bonchev–Trinajstić information content (AvgIpc) is 3.01. The van der Waals surface area contributed by atoms with Crippen LogP contribution in [0.4, 0.5) is 0 Å². The summed E-state index contributed by atoms with van der Waals surface area (Å²) >= 11 is 6.43. The van der Waals surface area contributed by atoms with Crippen molar-refractivity contribution in [2.24, 2.45) is 11.7 Å². The maximum absolute atomic E-state index is 6.43. The van der Waals surface area contributed by atoms with E-state index in [2.05, 4.69) is 29.0 Å². The van der Waals surface area contributed by atoms with Gasteiger partial charge in [-0.15, -0.1) is 0 Å². The molecule has 0 bridgehead atoms. The van der Waals surface area contributed by atoms with Crippen LogP contribution in [0.5, 0.6) is 5.75 Å². The first-order valence-electron chi connectivity index (χ1n) is 8.35. The van der Waals surface area contributed by atoms with Crippen LogP contribution < -0.4 is 10.5 Å². The Kier molecular flexibility index (Phi) is 4.97. The average molecular weight is 359 g/mol. The molecule has 2 heterocycles. The molecule has 0 saturated heterocycles. The molecular formula is C19H23ClN4O. The van der Waals surface area contributed by atoms with E-state index >= 15 is 0 Å². The number of nitrogens with two attached hydrogens (primary N) is 1. The molecule has 0 aliphatic heterocycles. The van der Waals surface area contributed by atoms with Crippen LogP contribution in [-0.2, 0) is 0 Å². The fourth-order valence-electron chi connectivity index (χ4n) is 3.12. The van der Waals surface area contributed by atoms with E-state index in [4.69, 9.17) is 22.1 Å². The highest BCUT2D eigenvalue weighted by molar-refractivity contribution is 6.32. The van der Waals surface area contributed by atoms with Gasteiger partial charge in [0.2, 0.25) is 0 Å². The molecule has 3 aromatic rings. The van der Waals surface area contributed by atoms with E-state index in [1.807, 2.05) is 31.2 Å². The van der Waals surface area contributed by atoms with Gasteiger partial charge >= 0.3 is 0 Å². The molecule has 0 radical (unpaired) electrons. The van der Waals surface area contributed by atoms with Gasteiger partial charge in [-0.1, -0.05) is 31.5 Å². The highest BCUT2D eigenvalue weighted by atomic mass is 35.5. The molecule has 0 fully saturated rings. The van der Waals surface area contributed by atoms with Gasteiger partial charge in [0.05, 0.1) is 11.2 Å². The Morgan fingerprint density at radius 3 is 2.84 bits per heavy atom. The van der Waals surface area contributed by atoms with Crippen molar-refractivity contribution in [1.82, 2.24) is 15.2 Å². The van der Waals surface area contributed by atoms with Crippen molar-refractivity contribution in [1.29, 1.82) is 0 Å². The second-order valence-electron chi connectivity index (χ2n) is 7.18. The normalized spacial score (nSPS) is 14.0. The van der Waals surface area contributed by atoms with E-state index in [0.29, 0.717) is 23.3 Å². The van der Waals surface area contributed by atoms with Crippen molar-refractivity contribution in [3.63, 3.8) is 0 Å².